The Balaban J connectivity index is 2.23. The van der Waals surface area contributed by atoms with Crippen molar-refractivity contribution in [2.24, 2.45) is 0 Å². The summed E-state index contributed by atoms with van der Waals surface area (Å²) in [5, 5.41) is 10.6. The molecule has 1 N–H and O–H groups in total. The molecule has 1 heterocycles. The van der Waals surface area contributed by atoms with Crippen molar-refractivity contribution in [3.05, 3.63) is 58.2 Å². The molecule has 1 aromatic carbocycles. The number of halogens is 1. The zero-order valence-corrected chi connectivity index (χ0v) is 13.4. The Hall–Kier alpha value is -1.52. The minimum absolute atomic E-state index is 0.184. The van der Waals surface area contributed by atoms with Crippen LogP contribution >= 0.6 is 23.4 Å². The lowest BCUT2D eigenvalue weighted by molar-refractivity contribution is 0.0696. The summed E-state index contributed by atoms with van der Waals surface area (Å²) in [6, 6.07) is 10.9. The number of aromatic carboxylic acids is 1. The standard InChI is InChI=1S/C16H16ClNO2S/c1-10(2)14-7-12(16(19)20)8-15(18-14)21-9-11-5-3-4-6-13(11)17/h3-8,10H,9H2,1-2H3,(H,19,20). The number of carboxylic acid groups (broad SMARTS) is 1. The van der Waals surface area contributed by atoms with Crippen molar-refractivity contribution in [2.75, 3.05) is 0 Å². The molecule has 0 fully saturated rings. The first-order valence-electron chi connectivity index (χ1n) is 6.59. The summed E-state index contributed by atoms with van der Waals surface area (Å²) in [7, 11) is 0. The lowest BCUT2D eigenvalue weighted by Crippen LogP contribution is -2.02. The maximum atomic E-state index is 11.2. The maximum absolute atomic E-state index is 11.2. The van der Waals surface area contributed by atoms with Gasteiger partial charge in [0, 0.05) is 16.5 Å². The van der Waals surface area contributed by atoms with Gasteiger partial charge in [-0.25, -0.2) is 9.78 Å². The number of hydrogen-bond acceptors (Lipinski definition) is 3. The van der Waals surface area contributed by atoms with E-state index in [1.165, 1.54) is 11.8 Å². The largest absolute Gasteiger partial charge is 0.478 e. The van der Waals surface area contributed by atoms with Crippen LogP contribution in [0.4, 0.5) is 0 Å². The molecule has 0 aliphatic heterocycles. The summed E-state index contributed by atoms with van der Waals surface area (Å²) in [4.78, 5) is 15.7. The van der Waals surface area contributed by atoms with Crippen LogP contribution in [0.1, 0.15) is 41.4 Å². The van der Waals surface area contributed by atoms with Gasteiger partial charge in [0.2, 0.25) is 0 Å². The average molecular weight is 322 g/mol. The molecule has 0 radical (unpaired) electrons. The van der Waals surface area contributed by atoms with Gasteiger partial charge in [0.05, 0.1) is 10.6 Å². The third-order valence-corrected chi connectivity index (χ3v) is 4.32. The molecule has 3 nitrogen and oxygen atoms in total. The van der Waals surface area contributed by atoms with Gasteiger partial charge >= 0.3 is 5.97 Å². The number of carbonyl (C=O) groups is 1. The second-order valence-corrected chi connectivity index (χ2v) is 6.36. The Morgan fingerprint density at radius 1 is 1.33 bits per heavy atom. The molecule has 0 unspecified atom stereocenters. The summed E-state index contributed by atoms with van der Waals surface area (Å²) in [6.45, 7) is 3.99. The number of pyridine rings is 1. The van der Waals surface area contributed by atoms with Crippen molar-refractivity contribution in [3.8, 4) is 0 Å². The molecule has 2 rings (SSSR count). The van der Waals surface area contributed by atoms with Crippen LogP contribution < -0.4 is 0 Å². The number of benzene rings is 1. The topological polar surface area (TPSA) is 50.2 Å². The Morgan fingerprint density at radius 3 is 2.67 bits per heavy atom. The van der Waals surface area contributed by atoms with Gasteiger partial charge in [0.1, 0.15) is 0 Å². The fourth-order valence-electron chi connectivity index (χ4n) is 1.79. The molecule has 1 aromatic heterocycles. The molecule has 0 spiro atoms. The zero-order chi connectivity index (χ0) is 15.4. The predicted octanol–water partition coefficient (Wildman–Crippen LogP) is 4.85. The second kappa shape index (κ2) is 6.96. The van der Waals surface area contributed by atoms with Gasteiger partial charge < -0.3 is 5.11 Å². The van der Waals surface area contributed by atoms with E-state index in [1.54, 1.807) is 12.1 Å². The molecule has 21 heavy (non-hydrogen) atoms. The molecule has 0 aliphatic carbocycles. The summed E-state index contributed by atoms with van der Waals surface area (Å²) in [5.41, 5.74) is 2.07. The summed E-state index contributed by atoms with van der Waals surface area (Å²) >= 11 is 7.62. The normalized spacial score (nSPS) is 10.9. The summed E-state index contributed by atoms with van der Waals surface area (Å²) in [6.07, 6.45) is 0. The van der Waals surface area contributed by atoms with Crippen LogP contribution in [0.5, 0.6) is 0 Å². The molecule has 0 bridgehead atoms. The van der Waals surface area contributed by atoms with Gasteiger partial charge in [0.15, 0.2) is 0 Å². The van der Waals surface area contributed by atoms with Crippen LogP contribution in [0, 0.1) is 0 Å². The number of rotatable bonds is 5. The van der Waals surface area contributed by atoms with Gasteiger partial charge in [0.25, 0.3) is 0 Å². The number of nitrogens with zero attached hydrogens (tertiary/aromatic N) is 1. The molecule has 0 saturated heterocycles. The van der Waals surface area contributed by atoms with Crippen molar-refractivity contribution in [2.45, 2.75) is 30.5 Å². The van der Waals surface area contributed by atoms with E-state index in [4.69, 9.17) is 11.6 Å². The maximum Gasteiger partial charge on any atom is 0.335 e. The summed E-state index contributed by atoms with van der Waals surface area (Å²) < 4.78 is 0. The van der Waals surface area contributed by atoms with Gasteiger partial charge in [-0.1, -0.05) is 43.6 Å². The number of aromatic nitrogens is 1. The molecule has 0 amide bonds. The predicted molar refractivity (Wildman–Crippen MR) is 86.3 cm³/mol. The van der Waals surface area contributed by atoms with E-state index in [0.29, 0.717) is 15.8 Å². The number of carboxylic acids is 1. The van der Waals surface area contributed by atoms with E-state index in [0.717, 1.165) is 11.3 Å². The average Bonchev–Trinajstić information content (AvgIpc) is 2.46. The molecule has 0 atom stereocenters. The minimum Gasteiger partial charge on any atom is -0.478 e. The third kappa shape index (κ3) is 4.22. The number of hydrogen-bond donors (Lipinski definition) is 1. The molecular formula is C16H16ClNO2S. The molecule has 0 aliphatic rings. The Morgan fingerprint density at radius 2 is 2.05 bits per heavy atom. The SMILES string of the molecule is CC(C)c1cc(C(=O)O)cc(SCc2ccccc2Cl)n1. The van der Waals surface area contributed by atoms with Crippen LogP contribution in [-0.2, 0) is 5.75 Å². The van der Waals surface area contributed by atoms with Crippen molar-refractivity contribution >= 4 is 29.3 Å². The van der Waals surface area contributed by atoms with E-state index in [1.807, 2.05) is 38.1 Å². The Bertz CT molecular complexity index is 658. The van der Waals surface area contributed by atoms with E-state index >= 15 is 0 Å². The van der Waals surface area contributed by atoms with Crippen molar-refractivity contribution in [1.82, 2.24) is 4.98 Å². The van der Waals surface area contributed by atoms with Crippen LogP contribution in [0.3, 0.4) is 0 Å². The van der Waals surface area contributed by atoms with E-state index in [2.05, 4.69) is 4.98 Å². The lowest BCUT2D eigenvalue weighted by atomic mass is 10.1. The first-order valence-corrected chi connectivity index (χ1v) is 7.95. The van der Waals surface area contributed by atoms with Crippen LogP contribution in [0.25, 0.3) is 0 Å². The monoisotopic (exact) mass is 321 g/mol. The van der Waals surface area contributed by atoms with Crippen LogP contribution in [-0.4, -0.2) is 16.1 Å². The molecule has 0 saturated carbocycles. The highest BCUT2D eigenvalue weighted by atomic mass is 35.5. The zero-order valence-electron chi connectivity index (χ0n) is 11.8. The number of thioether (sulfide) groups is 1. The first-order chi connectivity index (χ1) is 9.97. The fraction of sp³-hybridized carbons (Fsp3) is 0.250. The van der Waals surface area contributed by atoms with Crippen LogP contribution in [0.15, 0.2) is 41.4 Å². The highest BCUT2D eigenvalue weighted by Crippen LogP contribution is 2.27. The molecule has 110 valence electrons. The highest BCUT2D eigenvalue weighted by Gasteiger charge is 2.11. The van der Waals surface area contributed by atoms with Gasteiger partial charge in [-0.3, -0.25) is 0 Å². The smallest absolute Gasteiger partial charge is 0.335 e. The van der Waals surface area contributed by atoms with Gasteiger partial charge in [-0.2, -0.15) is 0 Å². The quantitative estimate of drug-likeness (QED) is 0.800. The van der Waals surface area contributed by atoms with E-state index in [-0.39, 0.29) is 11.5 Å². The van der Waals surface area contributed by atoms with E-state index in [9.17, 15) is 9.90 Å². The van der Waals surface area contributed by atoms with Gasteiger partial charge in [-0.15, -0.1) is 11.8 Å². The van der Waals surface area contributed by atoms with Gasteiger partial charge in [-0.05, 0) is 29.7 Å². The van der Waals surface area contributed by atoms with Crippen molar-refractivity contribution < 1.29 is 9.90 Å². The molecular weight excluding hydrogens is 306 g/mol. The Kier molecular flexibility index (Phi) is 5.26. The Labute approximate surface area is 133 Å². The highest BCUT2D eigenvalue weighted by molar-refractivity contribution is 7.98. The van der Waals surface area contributed by atoms with Crippen molar-refractivity contribution in [3.63, 3.8) is 0 Å². The van der Waals surface area contributed by atoms with Crippen LogP contribution in [0.2, 0.25) is 5.02 Å². The fourth-order valence-corrected chi connectivity index (χ4v) is 3.00. The van der Waals surface area contributed by atoms with E-state index < -0.39 is 5.97 Å². The second-order valence-electron chi connectivity index (χ2n) is 4.96. The summed E-state index contributed by atoms with van der Waals surface area (Å²) in [5.74, 6) is -0.0874. The lowest BCUT2D eigenvalue weighted by Gasteiger charge is -2.09. The van der Waals surface area contributed by atoms with Crippen molar-refractivity contribution in [1.29, 1.82) is 0 Å². The molecule has 2 aromatic rings. The minimum atomic E-state index is -0.932. The molecule has 5 heteroatoms. The first kappa shape index (κ1) is 15.9. The third-order valence-electron chi connectivity index (χ3n) is 2.99.